The summed E-state index contributed by atoms with van der Waals surface area (Å²) >= 11 is 0. The Kier molecular flexibility index (Phi) is 4.77. The average Bonchev–Trinajstić information content (AvgIpc) is 3.11. The first-order valence-corrected chi connectivity index (χ1v) is 8.91. The maximum atomic E-state index is 6.39. The summed E-state index contributed by atoms with van der Waals surface area (Å²) in [6.45, 7) is 0. The Morgan fingerprint density at radius 3 is 2.22 bits per heavy atom. The van der Waals surface area contributed by atoms with Gasteiger partial charge in [0.15, 0.2) is 0 Å². The van der Waals surface area contributed by atoms with Crippen molar-refractivity contribution in [1.82, 2.24) is 19.5 Å². The number of imidazole rings is 1. The van der Waals surface area contributed by atoms with E-state index < -0.39 is 0 Å². The van der Waals surface area contributed by atoms with Gasteiger partial charge in [0.25, 0.3) is 0 Å². The van der Waals surface area contributed by atoms with Crippen LogP contribution < -0.4 is 5.73 Å². The van der Waals surface area contributed by atoms with E-state index in [1.807, 2.05) is 49.6 Å². The molecule has 5 nitrogen and oxygen atoms in total. The van der Waals surface area contributed by atoms with Crippen molar-refractivity contribution in [3.8, 4) is 22.5 Å². The number of hydrogen-bond acceptors (Lipinski definition) is 4. The fourth-order valence-electron chi connectivity index (χ4n) is 3.22. The van der Waals surface area contributed by atoms with Crippen molar-refractivity contribution >= 4 is 0 Å². The van der Waals surface area contributed by atoms with Crippen molar-refractivity contribution in [3.63, 3.8) is 0 Å². The van der Waals surface area contributed by atoms with Crippen molar-refractivity contribution in [1.29, 1.82) is 0 Å². The van der Waals surface area contributed by atoms with E-state index in [2.05, 4.69) is 43.8 Å². The SMILES string of the molecule is Cn1c(-c2ccc(-c3ccccn3)cc2)cnc1[C@@H](N)Cc1ccccn1. The number of nitrogens with two attached hydrogens (primary N) is 1. The third kappa shape index (κ3) is 3.64. The van der Waals surface area contributed by atoms with Crippen LogP contribution in [0, 0.1) is 0 Å². The van der Waals surface area contributed by atoms with E-state index in [1.54, 1.807) is 12.4 Å². The van der Waals surface area contributed by atoms with Crippen molar-refractivity contribution in [3.05, 3.63) is 90.8 Å². The van der Waals surface area contributed by atoms with Gasteiger partial charge in [0.1, 0.15) is 5.82 Å². The van der Waals surface area contributed by atoms with Crippen LogP contribution in [0.1, 0.15) is 17.6 Å². The standard InChI is InChI=1S/C22H21N5/c1-27-21(15-26-22(27)19(23)14-18-6-2-4-12-24-18)17-10-8-16(9-11-17)20-7-3-5-13-25-20/h2-13,15,19H,14,23H2,1H3/t19-/m0/s1. The van der Waals surface area contributed by atoms with E-state index in [0.717, 1.165) is 34.0 Å². The molecule has 0 fully saturated rings. The first-order chi connectivity index (χ1) is 13.2. The summed E-state index contributed by atoms with van der Waals surface area (Å²) in [7, 11) is 2.00. The molecule has 5 heteroatoms. The normalized spacial score (nSPS) is 12.1. The molecule has 4 rings (SSSR count). The zero-order valence-corrected chi connectivity index (χ0v) is 15.2. The lowest BCUT2D eigenvalue weighted by atomic mass is 10.1. The van der Waals surface area contributed by atoms with Gasteiger partial charge in [-0.05, 0) is 29.8 Å². The second-order valence-corrected chi connectivity index (χ2v) is 6.48. The van der Waals surface area contributed by atoms with Crippen LogP contribution >= 0.6 is 0 Å². The van der Waals surface area contributed by atoms with Gasteiger partial charge in [0.05, 0.1) is 23.6 Å². The second kappa shape index (κ2) is 7.51. The third-order valence-electron chi connectivity index (χ3n) is 4.65. The first-order valence-electron chi connectivity index (χ1n) is 8.91. The Balaban J connectivity index is 1.57. The summed E-state index contributed by atoms with van der Waals surface area (Å²) < 4.78 is 2.06. The lowest BCUT2D eigenvalue weighted by Crippen LogP contribution is -2.18. The largest absolute Gasteiger partial charge is 0.330 e. The van der Waals surface area contributed by atoms with E-state index in [1.165, 1.54) is 0 Å². The minimum Gasteiger partial charge on any atom is -0.330 e. The highest BCUT2D eigenvalue weighted by Gasteiger charge is 2.16. The molecule has 0 unspecified atom stereocenters. The summed E-state index contributed by atoms with van der Waals surface area (Å²) in [4.78, 5) is 13.3. The van der Waals surface area contributed by atoms with E-state index in [0.29, 0.717) is 6.42 Å². The summed E-state index contributed by atoms with van der Waals surface area (Å²) in [5, 5.41) is 0. The van der Waals surface area contributed by atoms with Gasteiger partial charge >= 0.3 is 0 Å². The lowest BCUT2D eigenvalue weighted by Gasteiger charge is -2.13. The molecule has 1 aromatic carbocycles. The van der Waals surface area contributed by atoms with Gasteiger partial charge in [-0.2, -0.15) is 0 Å². The van der Waals surface area contributed by atoms with Crippen LogP contribution in [-0.4, -0.2) is 19.5 Å². The number of aromatic nitrogens is 4. The van der Waals surface area contributed by atoms with Crippen molar-refractivity contribution in [2.24, 2.45) is 12.8 Å². The van der Waals surface area contributed by atoms with Gasteiger partial charge < -0.3 is 10.3 Å². The van der Waals surface area contributed by atoms with Crippen LogP contribution in [0.5, 0.6) is 0 Å². The highest BCUT2D eigenvalue weighted by molar-refractivity contribution is 5.66. The van der Waals surface area contributed by atoms with Gasteiger partial charge in [-0.1, -0.05) is 36.4 Å². The Morgan fingerprint density at radius 1 is 0.852 bits per heavy atom. The molecule has 0 aliphatic carbocycles. The Hall–Kier alpha value is -3.31. The van der Waals surface area contributed by atoms with Crippen molar-refractivity contribution in [2.75, 3.05) is 0 Å². The molecular weight excluding hydrogens is 334 g/mol. The quantitative estimate of drug-likeness (QED) is 0.591. The highest BCUT2D eigenvalue weighted by Crippen LogP contribution is 2.25. The summed E-state index contributed by atoms with van der Waals surface area (Å²) in [5.74, 6) is 0.851. The van der Waals surface area contributed by atoms with Gasteiger partial charge in [-0.25, -0.2) is 4.98 Å². The zero-order valence-electron chi connectivity index (χ0n) is 15.2. The molecular formula is C22H21N5. The predicted molar refractivity (Wildman–Crippen MR) is 107 cm³/mol. The summed E-state index contributed by atoms with van der Waals surface area (Å²) in [5.41, 5.74) is 11.5. The minimum absolute atomic E-state index is 0.202. The van der Waals surface area contributed by atoms with Gasteiger partial charge in [0.2, 0.25) is 0 Å². The van der Waals surface area contributed by atoms with Crippen LogP contribution in [0.25, 0.3) is 22.5 Å². The number of nitrogens with zero attached hydrogens (tertiary/aromatic N) is 4. The van der Waals surface area contributed by atoms with Crippen LogP contribution in [0.15, 0.2) is 79.3 Å². The molecule has 1 atom stereocenters. The first kappa shape index (κ1) is 17.1. The van der Waals surface area contributed by atoms with E-state index >= 15 is 0 Å². The molecule has 3 aromatic heterocycles. The minimum atomic E-state index is -0.202. The second-order valence-electron chi connectivity index (χ2n) is 6.48. The monoisotopic (exact) mass is 355 g/mol. The molecule has 0 radical (unpaired) electrons. The third-order valence-corrected chi connectivity index (χ3v) is 4.65. The Bertz CT molecular complexity index is 1010. The lowest BCUT2D eigenvalue weighted by molar-refractivity contribution is 0.626. The number of hydrogen-bond donors (Lipinski definition) is 1. The van der Waals surface area contributed by atoms with Gasteiger partial charge in [-0.3, -0.25) is 9.97 Å². The molecule has 0 amide bonds. The van der Waals surface area contributed by atoms with E-state index in [9.17, 15) is 0 Å². The fraction of sp³-hybridized carbons (Fsp3) is 0.136. The van der Waals surface area contributed by atoms with E-state index in [-0.39, 0.29) is 6.04 Å². The molecule has 0 saturated heterocycles. The van der Waals surface area contributed by atoms with Crippen molar-refractivity contribution < 1.29 is 0 Å². The topological polar surface area (TPSA) is 69.6 Å². The Morgan fingerprint density at radius 2 is 1.56 bits per heavy atom. The maximum Gasteiger partial charge on any atom is 0.126 e. The summed E-state index contributed by atoms with van der Waals surface area (Å²) in [6.07, 6.45) is 6.13. The van der Waals surface area contributed by atoms with Crippen molar-refractivity contribution in [2.45, 2.75) is 12.5 Å². The van der Waals surface area contributed by atoms with Crippen LogP contribution in [0.3, 0.4) is 0 Å². The molecule has 27 heavy (non-hydrogen) atoms. The van der Waals surface area contributed by atoms with Gasteiger partial charge in [-0.15, -0.1) is 0 Å². The Labute approximate surface area is 158 Å². The number of rotatable bonds is 5. The zero-order chi connectivity index (χ0) is 18.6. The molecule has 0 spiro atoms. The predicted octanol–water partition coefficient (Wildman–Crippen LogP) is 3.79. The number of benzene rings is 1. The van der Waals surface area contributed by atoms with Crippen LogP contribution in [0.4, 0.5) is 0 Å². The summed E-state index contributed by atoms with van der Waals surface area (Å²) in [6, 6.07) is 19.9. The smallest absolute Gasteiger partial charge is 0.126 e. The molecule has 2 N–H and O–H groups in total. The molecule has 0 bridgehead atoms. The molecule has 134 valence electrons. The molecule has 0 saturated carbocycles. The van der Waals surface area contributed by atoms with Crippen LogP contribution in [-0.2, 0) is 13.5 Å². The average molecular weight is 355 g/mol. The van der Waals surface area contributed by atoms with Gasteiger partial charge in [0, 0.05) is 37.1 Å². The highest BCUT2D eigenvalue weighted by atomic mass is 15.1. The fourth-order valence-corrected chi connectivity index (χ4v) is 3.22. The van der Waals surface area contributed by atoms with Crippen LogP contribution in [0.2, 0.25) is 0 Å². The number of pyridine rings is 2. The van der Waals surface area contributed by atoms with E-state index in [4.69, 9.17) is 5.73 Å². The molecule has 4 aromatic rings. The molecule has 0 aliphatic heterocycles. The molecule has 3 heterocycles. The molecule has 0 aliphatic rings. The maximum absolute atomic E-state index is 6.39.